The molecule has 0 radical (unpaired) electrons. The van der Waals surface area contributed by atoms with Gasteiger partial charge < -0.3 is 20.1 Å². The van der Waals surface area contributed by atoms with Gasteiger partial charge in [-0.25, -0.2) is 18.2 Å². The van der Waals surface area contributed by atoms with Gasteiger partial charge in [0.15, 0.2) is 5.84 Å². The Labute approximate surface area is 233 Å². The highest BCUT2D eigenvalue weighted by Gasteiger charge is 2.39. The number of β-amino-alcohol motifs (C(OH)–C–C–N with tert-alkyl or cyclic N) is 1. The van der Waals surface area contributed by atoms with Crippen molar-refractivity contribution in [2.24, 2.45) is 9.98 Å². The molecule has 2 unspecified atom stereocenters. The van der Waals surface area contributed by atoms with Gasteiger partial charge in [-0.2, -0.15) is 4.99 Å². The first kappa shape index (κ1) is 29.1. The zero-order chi connectivity index (χ0) is 28.9. The van der Waals surface area contributed by atoms with Crippen molar-refractivity contribution < 1.29 is 27.9 Å². The minimum atomic E-state index is -3.76. The van der Waals surface area contributed by atoms with Crippen LogP contribution in [-0.2, 0) is 24.3 Å². The van der Waals surface area contributed by atoms with Crippen molar-refractivity contribution in [1.29, 1.82) is 0 Å². The molecule has 40 heavy (non-hydrogen) atoms. The molecule has 0 saturated carbocycles. The summed E-state index contributed by atoms with van der Waals surface area (Å²) < 4.78 is 33.1. The normalized spacial score (nSPS) is 17.6. The number of fused-ring (bicyclic) bond motifs is 1. The number of benzene rings is 2. The minimum Gasteiger partial charge on any atom is -0.463 e. The summed E-state index contributed by atoms with van der Waals surface area (Å²) in [5.74, 6) is -0.592. The molecule has 0 bridgehead atoms. The van der Waals surface area contributed by atoms with Gasteiger partial charge in [0.05, 0.1) is 17.6 Å². The van der Waals surface area contributed by atoms with Gasteiger partial charge in [-0.1, -0.05) is 30.3 Å². The molecule has 2 aliphatic heterocycles. The molecule has 12 heteroatoms. The van der Waals surface area contributed by atoms with Crippen molar-refractivity contribution in [3.05, 3.63) is 72.3 Å². The maximum atomic E-state index is 12.7. The zero-order valence-corrected chi connectivity index (χ0v) is 23.4. The molecule has 2 heterocycles. The Balaban J connectivity index is 1.37. The number of anilines is 1. The van der Waals surface area contributed by atoms with Gasteiger partial charge in [0.2, 0.25) is 6.17 Å². The van der Waals surface area contributed by atoms with Crippen molar-refractivity contribution in [3.8, 4) is 0 Å². The lowest BCUT2D eigenvalue weighted by Crippen LogP contribution is -2.48. The molecule has 2 aromatic carbocycles. The number of carbonyl (C=O) groups is 2. The summed E-state index contributed by atoms with van der Waals surface area (Å²) in [6, 6.07) is 14.7. The van der Waals surface area contributed by atoms with Gasteiger partial charge in [0.1, 0.15) is 5.71 Å². The second kappa shape index (κ2) is 12.1. The molecule has 4 rings (SSSR count). The topological polar surface area (TPSA) is 150 Å². The first-order valence-corrected chi connectivity index (χ1v) is 14.4. The lowest BCUT2D eigenvalue weighted by atomic mass is 9.99. The molecule has 2 atom stereocenters. The van der Waals surface area contributed by atoms with Crippen LogP contribution in [-0.4, -0.2) is 73.2 Å². The fraction of sp³-hybridized carbons (Fsp3) is 0.357. The average Bonchev–Trinajstić information content (AvgIpc) is 3.29. The van der Waals surface area contributed by atoms with Crippen LogP contribution in [0.4, 0.5) is 5.69 Å². The summed E-state index contributed by atoms with van der Waals surface area (Å²) >= 11 is 0. The Bertz CT molecular complexity index is 1450. The number of esters is 1. The van der Waals surface area contributed by atoms with Crippen molar-refractivity contribution in [2.75, 3.05) is 24.4 Å². The van der Waals surface area contributed by atoms with Gasteiger partial charge in [-0.3, -0.25) is 9.52 Å². The number of carbonyl (C=O) groups excluding carboxylic acids is 2. The Morgan fingerprint density at radius 3 is 2.62 bits per heavy atom. The van der Waals surface area contributed by atoms with Crippen LogP contribution in [0.15, 0.2) is 81.6 Å². The third-order valence-corrected chi connectivity index (χ3v) is 7.88. The van der Waals surface area contributed by atoms with Gasteiger partial charge >= 0.3 is 5.97 Å². The molecule has 11 nitrogen and oxygen atoms in total. The van der Waals surface area contributed by atoms with Gasteiger partial charge in [0, 0.05) is 30.4 Å². The van der Waals surface area contributed by atoms with Crippen LogP contribution >= 0.6 is 0 Å². The van der Waals surface area contributed by atoms with Gasteiger partial charge in [0.25, 0.3) is 15.9 Å². The van der Waals surface area contributed by atoms with Crippen LogP contribution in [0.5, 0.6) is 0 Å². The summed E-state index contributed by atoms with van der Waals surface area (Å²) in [6.07, 6.45) is 1.53. The number of nitrogens with one attached hydrogen (secondary N) is 2. The number of nitrogens with zero attached hydrogens (tertiary/aromatic N) is 3. The summed E-state index contributed by atoms with van der Waals surface area (Å²) in [5, 5.41) is 14.2. The predicted molar refractivity (Wildman–Crippen MR) is 151 cm³/mol. The zero-order valence-electron chi connectivity index (χ0n) is 22.6. The van der Waals surface area contributed by atoms with Crippen LogP contribution in [0.1, 0.15) is 38.9 Å². The van der Waals surface area contributed by atoms with E-state index in [0.717, 1.165) is 0 Å². The molecule has 1 amide bonds. The van der Waals surface area contributed by atoms with E-state index in [2.05, 4.69) is 20.0 Å². The number of aliphatic hydroxyl groups is 1. The maximum Gasteiger partial charge on any atom is 0.351 e. The fourth-order valence-electron chi connectivity index (χ4n) is 4.28. The van der Waals surface area contributed by atoms with Crippen LogP contribution < -0.4 is 10.0 Å². The van der Waals surface area contributed by atoms with Crippen molar-refractivity contribution >= 4 is 39.1 Å². The van der Waals surface area contributed by atoms with E-state index in [0.29, 0.717) is 35.8 Å². The smallest absolute Gasteiger partial charge is 0.351 e. The average molecular weight is 568 g/mol. The number of sulfonamides is 1. The quantitative estimate of drug-likeness (QED) is 0.331. The lowest BCUT2D eigenvalue weighted by Gasteiger charge is -2.32. The molecule has 2 aliphatic rings. The van der Waals surface area contributed by atoms with E-state index in [9.17, 15) is 23.1 Å². The van der Waals surface area contributed by atoms with Gasteiger partial charge in [-0.15, -0.1) is 0 Å². The number of ether oxygens (including phenoxy) is 1. The SMILES string of the molecule is CCOC(=O)C1N=C2C=CC(=O)N=C2N1CCC(C)(C)NCC(O)c1cccc(NS(=O)(=O)c2ccccc2)c1. The second-order valence-corrected chi connectivity index (χ2v) is 11.7. The number of dihydropyridines is 1. The van der Waals surface area contributed by atoms with E-state index in [4.69, 9.17) is 4.74 Å². The monoisotopic (exact) mass is 567 g/mol. The predicted octanol–water partition coefficient (Wildman–Crippen LogP) is 2.42. The molecule has 0 fully saturated rings. The van der Waals surface area contributed by atoms with Crippen LogP contribution in [0.25, 0.3) is 0 Å². The fourth-order valence-corrected chi connectivity index (χ4v) is 5.35. The van der Waals surface area contributed by atoms with Crippen LogP contribution in [0.3, 0.4) is 0 Å². The van der Waals surface area contributed by atoms with E-state index < -0.39 is 39.7 Å². The molecular weight excluding hydrogens is 534 g/mol. The maximum absolute atomic E-state index is 12.7. The second-order valence-electron chi connectivity index (χ2n) is 10.0. The van der Waals surface area contributed by atoms with Crippen LogP contribution in [0.2, 0.25) is 0 Å². The number of aliphatic hydroxyl groups excluding tert-OH is 1. The highest BCUT2D eigenvalue weighted by molar-refractivity contribution is 7.92. The molecular formula is C28H33N5O6S. The van der Waals surface area contributed by atoms with E-state index >= 15 is 0 Å². The number of amides is 1. The molecule has 0 aliphatic carbocycles. The number of amidine groups is 1. The largest absolute Gasteiger partial charge is 0.463 e. The Morgan fingerprint density at radius 1 is 1.15 bits per heavy atom. The van der Waals surface area contributed by atoms with Crippen LogP contribution in [0, 0.1) is 0 Å². The molecule has 0 saturated heterocycles. The highest BCUT2D eigenvalue weighted by atomic mass is 32.2. The Morgan fingerprint density at radius 2 is 1.90 bits per heavy atom. The molecule has 0 aromatic heterocycles. The van der Waals surface area contributed by atoms with E-state index in [1.807, 2.05) is 13.8 Å². The molecule has 2 aromatic rings. The first-order valence-electron chi connectivity index (χ1n) is 12.9. The number of hydrogen-bond donors (Lipinski definition) is 3. The summed E-state index contributed by atoms with van der Waals surface area (Å²) in [7, 11) is -3.76. The van der Waals surface area contributed by atoms with E-state index in [1.165, 1.54) is 18.2 Å². The molecule has 0 spiro atoms. The number of rotatable bonds is 12. The third kappa shape index (κ3) is 7.00. The van der Waals surface area contributed by atoms with Crippen molar-refractivity contribution in [2.45, 2.75) is 49.9 Å². The highest BCUT2D eigenvalue weighted by Crippen LogP contribution is 2.23. The Kier molecular flexibility index (Phi) is 8.82. The third-order valence-electron chi connectivity index (χ3n) is 6.48. The van der Waals surface area contributed by atoms with Crippen molar-refractivity contribution in [3.63, 3.8) is 0 Å². The summed E-state index contributed by atoms with van der Waals surface area (Å²) in [6.45, 7) is 6.36. The summed E-state index contributed by atoms with van der Waals surface area (Å²) in [5.41, 5.74) is 0.844. The number of hydrogen-bond acceptors (Lipinski definition) is 9. The minimum absolute atomic E-state index is 0.143. The molecule has 212 valence electrons. The standard InChI is InChI=1S/C28H33N5O6S/c1-4-39-27(36)26-30-22-13-14-24(35)31-25(22)33(26)16-15-28(2,3)29-18-23(34)19-9-8-10-20(17-19)32-40(37,38)21-11-6-5-7-12-21/h5-14,17,23,26,29,32,34H,4,15-16,18H2,1-3H3. The van der Waals surface area contributed by atoms with E-state index in [1.54, 1.807) is 60.4 Å². The summed E-state index contributed by atoms with van der Waals surface area (Å²) in [4.78, 5) is 34.7. The Hall–Kier alpha value is -3.87. The van der Waals surface area contributed by atoms with Crippen molar-refractivity contribution in [1.82, 2.24) is 10.2 Å². The first-order chi connectivity index (χ1) is 19.0. The molecule has 3 N–H and O–H groups in total. The number of aliphatic imine (C=N–C) groups is 2. The van der Waals surface area contributed by atoms with E-state index in [-0.39, 0.29) is 18.0 Å². The lowest BCUT2D eigenvalue weighted by molar-refractivity contribution is -0.147. The van der Waals surface area contributed by atoms with Gasteiger partial charge in [-0.05, 0) is 63.1 Å².